The van der Waals surface area contributed by atoms with E-state index >= 15 is 0 Å². The summed E-state index contributed by atoms with van der Waals surface area (Å²) in [7, 11) is 2.14. The average Bonchev–Trinajstić information content (AvgIpc) is 3.66. The maximum atomic E-state index is 13.3. The highest BCUT2D eigenvalue weighted by Gasteiger charge is 2.38. The number of rotatable bonds is 7. The molecule has 41 heavy (non-hydrogen) atoms. The van der Waals surface area contributed by atoms with Crippen molar-refractivity contribution in [2.75, 3.05) is 25.9 Å². The van der Waals surface area contributed by atoms with Crippen molar-refractivity contribution in [3.05, 3.63) is 42.1 Å². The molecule has 4 heterocycles. The lowest BCUT2D eigenvalue weighted by atomic mass is 10.1. The summed E-state index contributed by atoms with van der Waals surface area (Å²) in [5, 5.41) is 17.9. The summed E-state index contributed by atoms with van der Waals surface area (Å²) in [5.41, 5.74) is 9.66. The molecule has 0 aliphatic carbocycles. The number of carboxylic acid groups (broad SMARTS) is 1. The molecular formula is C26H29F3N8O4. The van der Waals surface area contributed by atoms with Gasteiger partial charge in [-0.15, -0.1) is 0 Å². The molecule has 1 atom stereocenters. The number of carboxylic acids is 1. The largest absolute Gasteiger partial charge is 0.490 e. The zero-order chi connectivity index (χ0) is 29.7. The molecular weight excluding hydrogens is 545 g/mol. The fourth-order valence-electron chi connectivity index (χ4n) is 4.75. The van der Waals surface area contributed by atoms with E-state index in [1.165, 1.54) is 12.8 Å². The van der Waals surface area contributed by atoms with E-state index in [0.717, 1.165) is 18.5 Å². The van der Waals surface area contributed by atoms with Gasteiger partial charge in [0.25, 0.3) is 5.91 Å². The summed E-state index contributed by atoms with van der Waals surface area (Å²) in [5.74, 6) is -2.30. The van der Waals surface area contributed by atoms with E-state index in [0.29, 0.717) is 52.9 Å². The van der Waals surface area contributed by atoms with Gasteiger partial charge in [0.15, 0.2) is 17.3 Å². The quantitative estimate of drug-likeness (QED) is 0.297. The number of amides is 1. The van der Waals surface area contributed by atoms with Crippen LogP contribution in [0.25, 0.3) is 33.8 Å². The minimum Gasteiger partial charge on any atom is -0.475 e. The van der Waals surface area contributed by atoms with Gasteiger partial charge < -0.3 is 25.6 Å². The molecule has 1 aromatic carbocycles. The van der Waals surface area contributed by atoms with Crippen LogP contribution in [-0.2, 0) is 11.3 Å². The molecule has 0 spiro atoms. The second-order valence-electron chi connectivity index (χ2n) is 9.39. The molecule has 1 fully saturated rings. The maximum absolute atomic E-state index is 13.3. The number of aromatic nitrogens is 5. The van der Waals surface area contributed by atoms with Crippen molar-refractivity contribution in [1.29, 1.82) is 0 Å². The highest BCUT2D eigenvalue weighted by molar-refractivity contribution is 6.08. The Labute approximate surface area is 232 Å². The van der Waals surface area contributed by atoms with Crippen molar-refractivity contribution in [2.45, 2.75) is 44.9 Å². The van der Waals surface area contributed by atoms with Gasteiger partial charge in [0.05, 0.1) is 16.8 Å². The van der Waals surface area contributed by atoms with Crippen molar-refractivity contribution in [3.63, 3.8) is 0 Å². The van der Waals surface area contributed by atoms with Crippen molar-refractivity contribution in [1.82, 2.24) is 35.1 Å². The highest BCUT2D eigenvalue weighted by atomic mass is 19.4. The minimum absolute atomic E-state index is 0.144. The van der Waals surface area contributed by atoms with Crippen LogP contribution in [0.15, 0.2) is 41.2 Å². The smallest absolute Gasteiger partial charge is 0.475 e. The first kappa shape index (κ1) is 29.5. The number of imidazole rings is 1. The molecule has 1 aliphatic rings. The number of carbonyl (C=O) groups excluding carboxylic acids is 1. The SMILES string of the molecule is CCn1c(-c2nonc2N)nc2c(-c3ccccc3)ncc(C(=O)NCCC3CCCN3C)c21.O=C(O)C(F)(F)F. The summed E-state index contributed by atoms with van der Waals surface area (Å²) < 4.78 is 38.5. The predicted molar refractivity (Wildman–Crippen MR) is 143 cm³/mol. The summed E-state index contributed by atoms with van der Waals surface area (Å²) in [4.78, 5) is 34.1. The Morgan fingerprint density at radius 3 is 2.46 bits per heavy atom. The lowest BCUT2D eigenvalue weighted by Crippen LogP contribution is -2.32. The third-order valence-corrected chi connectivity index (χ3v) is 6.78. The van der Waals surface area contributed by atoms with E-state index < -0.39 is 12.1 Å². The predicted octanol–water partition coefficient (Wildman–Crippen LogP) is 3.60. The Kier molecular flexibility index (Phi) is 8.86. The normalized spacial score (nSPS) is 15.5. The number of nitrogens with two attached hydrogens (primary N) is 1. The molecule has 1 unspecified atom stereocenters. The lowest BCUT2D eigenvalue weighted by molar-refractivity contribution is -0.192. The van der Waals surface area contributed by atoms with Gasteiger partial charge in [0.2, 0.25) is 0 Å². The van der Waals surface area contributed by atoms with Gasteiger partial charge in [-0.25, -0.2) is 14.4 Å². The second kappa shape index (κ2) is 12.3. The topological polar surface area (TPSA) is 165 Å². The third kappa shape index (κ3) is 6.45. The molecule has 0 radical (unpaired) electrons. The van der Waals surface area contributed by atoms with Crippen molar-refractivity contribution in [2.24, 2.45) is 0 Å². The molecule has 0 bridgehead atoms. The zero-order valence-corrected chi connectivity index (χ0v) is 22.4. The first-order valence-corrected chi connectivity index (χ1v) is 12.8. The highest BCUT2D eigenvalue weighted by Crippen LogP contribution is 2.33. The van der Waals surface area contributed by atoms with Crippen LogP contribution in [0.1, 0.15) is 36.5 Å². The molecule has 1 aliphatic heterocycles. The van der Waals surface area contributed by atoms with E-state index in [-0.39, 0.29) is 11.7 Å². The van der Waals surface area contributed by atoms with Gasteiger partial charge in [-0.05, 0) is 50.1 Å². The molecule has 3 aromatic heterocycles. The standard InChI is InChI=1S/C24H28N8O2.C2HF3O2/c1-3-32-21-17(24(33)26-12-11-16-10-7-13-31(16)2)14-27-18(15-8-5-4-6-9-15)19(21)28-23(32)20-22(25)30-34-29-20;3-2(4,5)1(6)7/h4-6,8-9,14,16H,3,7,10-13H2,1-2H3,(H2,25,30)(H,26,33);(H,6,7). The molecule has 15 heteroatoms. The summed E-state index contributed by atoms with van der Waals surface area (Å²) in [6.07, 6.45) is -0.160. The maximum Gasteiger partial charge on any atom is 0.490 e. The Hall–Kier alpha value is -4.53. The lowest BCUT2D eigenvalue weighted by Gasteiger charge is -2.19. The molecule has 0 saturated carbocycles. The fraction of sp³-hybridized carbons (Fsp3) is 0.385. The van der Waals surface area contributed by atoms with Crippen LogP contribution in [0.5, 0.6) is 0 Å². The van der Waals surface area contributed by atoms with Crippen LogP contribution in [0.3, 0.4) is 0 Å². The van der Waals surface area contributed by atoms with Crippen LogP contribution in [0.2, 0.25) is 0 Å². The van der Waals surface area contributed by atoms with Crippen LogP contribution in [0, 0.1) is 0 Å². The monoisotopic (exact) mass is 574 g/mol. The Morgan fingerprint density at radius 2 is 1.90 bits per heavy atom. The number of hydrogen-bond donors (Lipinski definition) is 3. The number of nitrogens with zero attached hydrogens (tertiary/aromatic N) is 6. The van der Waals surface area contributed by atoms with Gasteiger partial charge >= 0.3 is 12.1 Å². The first-order chi connectivity index (χ1) is 19.5. The number of aliphatic carboxylic acids is 1. The Balaban J connectivity index is 0.000000493. The van der Waals surface area contributed by atoms with Crippen LogP contribution in [-0.4, -0.2) is 79.1 Å². The molecule has 218 valence electrons. The number of halogens is 3. The fourth-order valence-corrected chi connectivity index (χ4v) is 4.75. The van der Waals surface area contributed by atoms with Crippen molar-refractivity contribution in [3.8, 4) is 22.8 Å². The number of fused-ring (bicyclic) bond motifs is 1. The van der Waals surface area contributed by atoms with Crippen LogP contribution < -0.4 is 11.1 Å². The number of alkyl halides is 3. The minimum atomic E-state index is -5.08. The number of pyridine rings is 1. The average molecular weight is 575 g/mol. The van der Waals surface area contributed by atoms with E-state index in [1.54, 1.807) is 6.20 Å². The molecule has 4 aromatic rings. The first-order valence-electron chi connectivity index (χ1n) is 12.8. The molecule has 4 N–H and O–H groups in total. The van der Waals surface area contributed by atoms with E-state index in [2.05, 4.69) is 32.6 Å². The summed E-state index contributed by atoms with van der Waals surface area (Å²) >= 11 is 0. The zero-order valence-electron chi connectivity index (χ0n) is 22.4. The molecule has 1 saturated heterocycles. The second-order valence-corrected chi connectivity index (χ2v) is 9.39. The Morgan fingerprint density at radius 1 is 1.20 bits per heavy atom. The number of nitrogens with one attached hydrogen (secondary N) is 1. The van der Waals surface area contributed by atoms with Gasteiger partial charge in [-0.1, -0.05) is 30.3 Å². The number of benzene rings is 1. The van der Waals surface area contributed by atoms with Gasteiger partial charge in [-0.3, -0.25) is 9.78 Å². The molecule has 5 rings (SSSR count). The van der Waals surface area contributed by atoms with E-state index in [9.17, 15) is 18.0 Å². The molecule has 1 amide bonds. The summed E-state index contributed by atoms with van der Waals surface area (Å²) in [6, 6.07) is 10.3. The number of nitrogen functional groups attached to an aromatic ring is 1. The third-order valence-electron chi connectivity index (χ3n) is 6.78. The van der Waals surface area contributed by atoms with E-state index in [1.807, 2.05) is 41.8 Å². The number of likely N-dealkylation sites (tertiary alicyclic amines) is 1. The van der Waals surface area contributed by atoms with Gasteiger partial charge in [0, 0.05) is 30.9 Å². The number of anilines is 1. The number of hydrogen-bond acceptors (Lipinski definition) is 9. The summed E-state index contributed by atoms with van der Waals surface area (Å²) in [6.45, 7) is 4.24. The number of carbonyl (C=O) groups is 2. The van der Waals surface area contributed by atoms with Crippen LogP contribution in [0.4, 0.5) is 19.0 Å². The Bertz CT molecular complexity index is 1520. The number of aryl methyl sites for hydroxylation is 1. The molecule has 12 nitrogen and oxygen atoms in total. The van der Waals surface area contributed by atoms with Crippen molar-refractivity contribution < 1.29 is 32.5 Å². The van der Waals surface area contributed by atoms with Crippen molar-refractivity contribution >= 4 is 28.7 Å². The van der Waals surface area contributed by atoms with Gasteiger partial charge in [-0.2, -0.15) is 13.2 Å². The van der Waals surface area contributed by atoms with E-state index in [4.69, 9.17) is 25.2 Å². The van der Waals surface area contributed by atoms with Gasteiger partial charge in [0.1, 0.15) is 5.52 Å². The van der Waals surface area contributed by atoms with Crippen LogP contribution >= 0.6 is 0 Å².